The fourth-order valence-corrected chi connectivity index (χ4v) is 4.26. The maximum Gasteiger partial charge on any atom is 0.253 e. The lowest BCUT2D eigenvalue weighted by Gasteiger charge is -2.12. The van der Waals surface area contributed by atoms with Gasteiger partial charge in [-0.1, -0.05) is 35.5 Å². The van der Waals surface area contributed by atoms with Crippen LogP contribution in [0.5, 0.6) is 0 Å². The maximum atomic E-state index is 12.6. The van der Waals surface area contributed by atoms with Crippen molar-refractivity contribution in [2.24, 2.45) is 0 Å². The number of benzene rings is 2. The number of hydrogen-bond donors (Lipinski definition) is 2. The Bertz CT molecular complexity index is 1190. The Balaban J connectivity index is 1.44. The van der Waals surface area contributed by atoms with Gasteiger partial charge in [-0.25, -0.2) is 0 Å². The molecule has 3 aromatic rings. The van der Waals surface area contributed by atoms with Crippen molar-refractivity contribution in [3.8, 4) is 5.69 Å². The number of aromatic nitrogens is 3. The highest BCUT2D eigenvalue weighted by Crippen LogP contribution is 2.26. The maximum absolute atomic E-state index is 12.6. The summed E-state index contributed by atoms with van der Waals surface area (Å²) in [5.41, 5.74) is 4.11. The van der Waals surface area contributed by atoms with Crippen LogP contribution in [0.25, 0.3) is 5.69 Å². The van der Waals surface area contributed by atoms with Gasteiger partial charge >= 0.3 is 0 Å². The number of carbonyl (C=O) groups is 2. The number of anilines is 1. The zero-order valence-corrected chi connectivity index (χ0v) is 19.7. The molecule has 1 aliphatic carbocycles. The van der Waals surface area contributed by atoms with Gasteiger partial charge in [-0.2, -0.15) is 0 Å². The van der Waals surface area contributed by atoms with E-state index < -0.39 is 0 Å². The van der Waals surface area contributed by atoms with Crippen LogP contribution in [0.15, 0.2) is 41.6 Å². The van der Waals surface area contributed by atoms with Crippen LogP contribution in [0.1, 0.15) is 40.2 Å². The van der Waals surface area contributed by atoms with Crippen LogP contribution in [-0.2, 0) is 4.79 Å². The molecule has 32 heavy (non-hydrogen) atoms. The van der Waals surface area contributed by atoms with Crippen molar-refractivity contribution in [3.63, 3.8) is 0 Å². The summed E-state index contributed by atoms with van der Waals surface area (Å²) >= 11 is 7.49. The van der Waals surface area contributed by atoms with E-state index in [0.29, 0.717) is 21.4 Å². The first-order chi connectivity index (χ1) is 15.3. The van der Waals surface area contributed by atoms with E-state index in [2.05, 4.69) is 39.0 Å². The Morgan fingerprint density at radius 3 is 2.66 bits per heavy atom. The molecule has 2 aromatic carbocycles. The van der Waals surface area contributed by atoms with E-state index in [1.54, 1.807) is 18.2 Å². The molecule has 1 fully saturated rings. The van der Waals surface area contributed by atoms with Crippen molar-refractivity contribution >= 4 is 40.9 Å². The standard InChI is InChI=1S/C23H24ClN5O2S/c1-13-4-5-14(2)20(10-13)29-15(3)27-28-23(29)32-12-21(30)25-17-8-9-19(24)18(11-17)22(31)26-16-6-7-16/h4-5,8-11,16H,6-7,12H2,1-3H3,(H,25,30)(H,26,31). The predicted octanol–water partition coefficient (Wildman–Crippen LogP) is 4.47. The summed E-state index contributed by atoms with van der Waals surface area (Å²) in [6, 6.07) is 11.3. The molecule has 1 saturated carbocycles. The SMILES string of the molecule is Cc1ccc(C)c(-n2c(C)nnc2SCC(=O)Nc2ccc(Cl)c(C(=O)NC3CC3)c2)c1. The summed E-state index contributed by atoms with van der Waals surface area (Å²) < 4.78 is 1.96. The molecule has 0 unspecified atom stereocenters. The number of halogens is 1. The topological polar surface area (TPSA) is 88.9 Å². The van der Waals surface area contributed by atoms with E-state index in [1.807, 2.05) is 25.3 Å². The van der Waals surface area contributed by atoms with Crippen molar-refractivity contribution in [2.75, 3.05) is 11.1 Å². The third-order valence-corrected chi connectivity index (χ3v) is 6.40. The number of amides is 2. The first-order valence-electron chi connectivity index (χ1n) is 10.3. The third-order valence-electron chi connectivity index (χ3n) is 5.14. The second-order valence-corrected chi connectivity index (χ2v) is 9.28. The molecule has 0 atom stereocenters. The molecule has 0 aliphatic heterocycles. The summed E-state index contributed by atoms with van der Waals surface area (Å²) in [4.78, 5) is 25.0. The van der Waals surface area contributed by atoms with E-state index in [-0.39, 0.29) is 23.6 Å². The Labute approximate surface area is 196 Å². The van der Waals surface area contributed by atoms with Crippen LogP contribution in [0.4, 0.5) is 5.69 Å². The highest BCUT2D eigenvalue weighted by molar-refractivity contribution is 7.99. The lowest BCUT2D eigenvalue weighted by Crippen LogP contribution is -2.26. The molecule has 1 aliphatic rings. The van der Waals surface area contributed by atoms with E-state index in [9.17, 15) is 9.59 Å². The molecule has 2 amide bonds. The molecule has 0 bridgehead atoms. The molecule has 7 nitrogen and oxygen atoms in total. The molecule has 0 saturated heterocycles. The van der Waals surface area contributed by atoms with E-state index >= 15 is 0 Å². The average Bonchev–Trinajstić information content (AvgIpc) is 3.49. The van der Waals surface area contributed by atoms with Gasteiger partial charge in [0.15, 0.2) is 5.16 Å². The lowest BCUT2D eigenvalue weighted by molar-refractivity contribution is -0.113. The van der Waals surface area contributed by atoms with Gasteiger partial charge in [0.1, 0.15) is 5.82 Å². The Morgan fingerprint density at radius 1 is 1.12 bits per heavy atom. The van der Waals surface area contributed by atoms with Crippen molar-refractivity contribution in [1.29, 1.82) is 0 Å². The van der Waals surface area contributed by atoms with Crippen LogP contribution in [0.3, 0.4) is 0 Å². The largest absolute Gasteiger partial charge is 0.349 e. The number of hydrogen-bond acceptors (Lipinski definition) is 5. The minimum atomic E-state index is -0.222. The van der Waals surface area contributed by atoms with Gasteiger partial charge < -0.3 is 10.6 Å². The van der Waals surface area contributed by atoms with Gasteiger partial charge in [-0.05, 0) is 69.0 Å². The van der Waals surface area contributed by atoms with E-state index in [1.165, 1.54) is 11.8 Å². The molecule has 1 heterocycles. The van der Waals surface area contributed by atoms with Gasteiger partial charge in [-0.3, -0.25) is 14.2 Å². The van der Waals surface area contributed by atoms with Gasteiger partial charge in [0.05, 0.1) is 22.0 Å². The quantitative estimate of drug-likeness (QED) is 0.498. The van der Waals surface area contributed by atoms with Gasteiger partial charge in [0.2, 0.25) is 5.91 Å². The second kappa shape index (κ2) is 9.34. The lowest BCUT2D eigenvalue weighted by atomic mass is 10.1. The average molecular weight is 470 g/mol. The fraction of sp³-hybridized carbons (Fsp3) is 0.304. The smallest absolute Gasteiger partial charge is 0.253 e. The summed E-state index contributed by atoms with van der Waals surface area (Å²) in [5, 5.41) is 15.2. The van der Waals surface area contributed by atoms with Crippen molar-refractivity contribution < 1.29 is 9.59 Å². The Morgan fingerprint density at radius 2 is 1.91 bits per heavy atom. The normalized spacial score (nSPS) is 13.1. The molecule has 0 spiro atoms. The monoisotopic (exact) mass is 469 g/mol. The van der Waals surface area contributed by atoms with Gasteiger partial charge in [-0.15, -0.1) is 10.2 Å². The Hall–Kier alpha value is -2.84. The first kappa shape index (κ1) is 22.4. The number of thioether (sulfide) groups is 1. The molecule has 2 N–H and O–H groups in total. The van der Waals surface area contributed by atoms with Crippen LogP contribution < -0.4 is 10.6 Å². The van der Waals surface area contributed by atoms with Crippen LogP contribution in [0, 0.1) is 20.8 Å². The van der Waals surface area contributed by atoms with Crippen molar-refractivity contribution in [3.05, 3.63) is 63.9 Å². The Kier molecular flexibility index (Phi) is 6.53. The number of carbonyl (C=O) groups excluding carboxylic acids is 2. The predicted molar refractivity (Wildman–Crippen MR) is 127 cm³/mol. The van der Waals surface area contributed by atoms with Crippen molar-refractivity contribution in [1.82, 2.24) is 20.1 Å². The van der Waals surface area contributed by atoms with Crippen LogP contribution >= 0.6 is 23.4 Å². The summed E-state index contributed by atoms with van der Waals surface area (Å²) in [7, 11) is 0. The number of aryl methyl sites for hydroxylation is 3. The van der Waals surface area contributed by atoms with Crippen LogP contribution in [0.2, 0.25) is 5.02 Å². The van der Waals surface area contributed by atoms with Gasteiger partial charge in [0.25, 0.3) is 5.91 Å². The summed E-state index contributed by atoms with van der Waals surface area (Å²) in [5.74, 6) is 0.472. The van der Waals surface area contributed by atoms with Crippen molar-refractivity contribution in [2.45, 2.75) is 44.8 Å². The van der Waals surface area contributed by atoms with Crippen LogP contribution in [-0.4, -0.2) is 38.4 Å². The second-order valence-electron chi connectivity index (χ2n) is 7.93. The summed E-state index contributed by atoms with van der Waals surface area (Å²) in [6.45, 7) is 5.96. The van der Waals surface area contributed by atoms with E-state index in [4.69, 9.17) is 11.6 Å². The molecule has 0 radical (unpaired) electrons. The number of nitrogens with zero attached hydrogens (tertiary/aromatic N) is 3. The molecular weight excluding hydrogens is 446 g/mol. The first-order valence-corrected chi connectivity index (χ1v) is 11.7. The number of nitrogens with one attached hydrogen (secondary N) is 2. The zero-order valence-electron chi connectivity index (χ0n) is 18.1. The minimum Gasteiger partial charge on any atom is -0.349 e. The molecular formula is C23H24ClN5O2S. The highest BCUT2D eigenvalue weighted by Gasteiger charge is 2.25. The zero-order chi connectivity index (χ0) is 22.8. The summed E-state index contributed by atoms with van der Waals surface area (Å²) in [6.07, 6.45) is 1.98. The highest BCUT2D eigenvalue weighted by atomic mass is 35.5. The minimum absolute atomic E-state index is 0.148. The molecule has 166 valence electrons. The van der Waals surface area contributed by atoms with Gasteiger partial charge in [0, 0.05) is 11.7 Å². The molecule has 9 heteroatoms. The number of rotatable bonds is 7. The molecule has 4 rings (SSSR count). The third kappa shape index (κ3) is 5.14. The molecule has 1 aromatic heterocycles. The van der Waals surface area contributed by atoms with E-state index in [0.717, 1.165) is 35.5 Å². The fourth-order valence-electron chi connectivity index (χ4n) is 3.27.